The third-order valence-electron chi connectivity index (χ3n) is 2.71. The van der Waals surface area contributed by atoms with Gasteiger partial charge in [0.15, 0.2) is 0 Å². The van der Waals surface area contributed by atoms with Gasteiger partial charge in [-0.05, 0) is 19.3 Å². The van der Waals surface area contributed by atoms with Gasteiger partial charge in [-0.1, -0.05) is 0 Å². The van der Waals surface area contributed by atoms with Crippen LogP contribution in [0.15, 0.2) is 0 Å². The molecule has 3 unspecified atom stereocenters. The normalized spacial score (nSPS) is 41.4. The van der Waals surface area contributed by atoms with E-state index in [0.717, 1.165) is 32.5 Å². The van der Waals surface area contributed by atoms with Crippen molar-refractivity contribution in [3.63, 3.8) is 0 Å². The van der Waals surface area contributed by atoms with E-state index in [2.05, 4.69) is 5.92 Å². The highest BCUT2D eigenvalue weighted by molar-refractivity contribution is 4.98. The molecule has 1 heterocycles. The second-order valence-corrected chi connectivity index (χ2v) is 3.50. The Morgan fingerprint density at radius 1 is 1.08 bits per heavy atom. The van der Waals surface area contributed by atoms with E-state index in [4.69, 9.17) is 15.9 Å². The van der Waals surface area contributed by atoms with Gasteiger partial charge in [0.25, 0.3) is 0 Å². The van der Waals surface area contributed by atoms with Crippen molar-refractivity contribution in [2.45, 2.75) is 31.5 Å². The summed E-state index contributed by atoms with van der Waals surface area (Å²) in [6, 6.07) is 0. The van der Waals surface area contributed by atoms with Crippen molar-refractivity contribution in [1.82, 2.24) is 0 Å². The third-order valence-corrected chi connectivity index (χ3v) is 2.71. The summed E-state index contributed by atoms with van der Waals surface area (Å²) in [5.41, 5.74) is 0. The average Bonchev–Trinajstić information content (AvgIpc) is 2.17. The molecule has 1 aliphatic carbocycles. The molecule has 2 aliphatic rings. The lowest BCUT2D eigenvalue weighted by Crippen LogP contribution is -2.42. The van der Waals surface area contributed by atoms with Gasteiger partial charge in [0.2, 0.25) is 0 Å². The zero-order valence-corrected chi connectivity index (χ0v) is 7.16. The van der Waals surface area contributed by atoms with Crippen LogP contribution in [0.1, 0.15) is 19.3 Å². The molecule has 0 aromatic rings. The molecule has 0 aromatic carbocycles. The number of hydrogen-bond donors (Lipinski definition) is 0. The molecule has 0 radical (unpaired) electrons. The fourth-order valence-electron chi connectivity index (χ4n) is 2.02. The molecule has 1 saturated carbocycles. The first-order chi connectivity index (χ1) is 5.90. The van der Waals surface area contributed by atoms with Crippen molar-refractivity contribution >= 4 is 0 Å². The number of fused-ring (bicyclic) bond motifs is 1. The molecule has 12 heavy (non-hydrogen) atoms. The fraction of sp³-hybridized carbons (Fsp3) is 0.800. The average molecular weight is 166 g/mol. The van der Waals surface area contributed by atoms with Crippen LogP contribution in [0.25, 0.3) is 0 Å². The van der Waals surface area contributed by atoms with E-state index in [-0.39, 0.29) is 6.10 Å². The number of hydrogen-bond acceptors (Lipinski definition) is 2. The second-order valence-electron chi connectivity index (χ2n) is 3.50. The molecule has 66 valence electrons. The Hall–Kier alpha value is -0.520. The molecule has 3 atom stereocenters. The van der Waals surface area contributed by atoms with E-state index in [1.54, 1.807) is 0 Å². The van der Waals surface area contributed by atoms with Gasteiger partial charge < -0.3 is 9.47 Å². The second kappa shape index (κ2) is 3.47. The van der Waals surface area contributed by atoms with Crippen molar-refractivity contribution in [2.24, 2.45) is 5.92 Å². The maximum atomic E-state index is 5.59. The van der Waals surface area contributed by atoms with Crippen LogP contribution < -0.4 is 0 Å². The van der Waals surface area contributed by atoms with Crippen LogP contribution in [0.5, 0.6) is 0 Å². The molecular weight excluding hydrogens is 152 g/mol. The predicted octanol–water partition coefficient (Wildman–Crippen LogP) is 1.20. The minimum Gasteiger partial charge on any atom is -0.373 e. The van der Waals surface area contributed by atoms with Gasteiger partial charge in [-0.25, -0.2) is 0 Å². The maximum absolute atomic E-state index is 5.59. The number of ether oxygens (including phenoxy) is 2. The van der Waals surface area contributed by atoms with E-state index in [0.29, 0.717) is 12.0 Å². The highest BCUT2D eigenvalue weighted by atomic mass is 16.6. The number of rotatable bonds is 0. The molecule has 0 aromatic heterocycles. The molecule has 1 saturated heterocycles. The summed E-state index contributed by atoms with van der Waals surface area (Å²) in [7, 11) is 0. The maximum Gasteiger partial charge on any atom is 0.0849 e. The van der Waals surface area contributed by atoms with Gasteiger partial charge in [0.05, 0.1) is 25.4 Å². The minimum atomic E-state index is 0.272. The lowest BCUT2D eigenvalue weighted by Gasteiger charge is -2.37. The van der Waals surface area contributed by atoms with Crippen molar-refractivity contribution in [3.8, 4) is 12.3 Å². The van der Waals surface area contributed by atoms with E-state index in [1.807, 2.05) is 0 Å². The van der Waals surface area contributed by atoms with Gasteiger partial charge >= 0.3 is 0 Å². The summed E-state index contributed by atoms with van der Waals surface area (Å²) in [6.45, 7) is 1.49. The first-order valence-electron chi connectivity index (χ1n) is 4.59. The quantitative estimate of drug-likeness (QED) is 0.503. The smallest absolute Gasteiger partial charge is 0.0849 e. The van der Waals surface area contributed by atoms with Gasteiger partial charge in [0, 0.05) is 5.92 Å². The molecule has 1 aliphatic heterocycles. The summed E-state index contributed by atoms with van der Waals surface area (Å²) in [4.78, 5) is 0. The van der Waals surface area contributed by atoms with Crippen LogP contribution in [0.2, 0.25) is 0 Å². The summed E-state index contributed by atoms with van der Waals surface area (Å²) < 4.78 is 11.2. The van der Waals surface area contributed by atoms with Crippen LogP contribution in [0.3, 0.4) is 0 Å². The summed E-state index contributed by atoms with van der Waals surface area (Å²) >= 11 is 0. The van der Waals surface area contributed by atoms with Gasteiger partial charge in [-0.2, -0.15) is 0 Å². The SMILES string of the molecule is C#CC1CCC2OCCOC2C1. The Bertz CT molecular complexity index is 195. The van der Waals surface area contributed by atoms with Crippen molar-refractivity contribution in [3.05, 3.63) is 0 Å². The van der Waals surface area contributed by atoms with E-state index >= 15 is 0 Å². The molecule has 0 N–H and O–H groups in total. The Kier molecular flexibility index (Phi) is 2.34. The van der Waals surface area contributed by atoms with Crippen LogP contribution >= 0.6 is 0 Å². The zero-order valence-electron chi connectivity index (χ0n) is 7.16. The van der Waals surface area contributed by atoms with E-state index in [1.165, 1.54) is 0 Å². The Morgan fingerprint density at radius 2 is 1.83 bits per heavy atom. The monoisotopic (exact) mass is 166 g/mol. The first-order valence-corrected chi connectivity index (χ1v) is 4.59. The minimum absolute atomic E-state index is 0.272. The first kappa shape index (κ1) is 8.10. The molecule has 2 heteroatoms. The number of terminal acetylenes is 1. The van der Waals surface area contributed by atoms with E-state index < -0.39 is 0 Å². The fourth-order valence-corrected chi connectivity index (χ4v) is 2.02. The van der Waals surface area contributed by atoms with Crippen molar-refractivity contribution in [1.29, 1.82) is 0 Å². The molecule has 0 bridgehead atoms. The van der Waals surface area contributed by atoms with Crippen molar-refractivity contribution in [2.75, 3.05) is 13.2 Å². The zero-order chi connectivity index (χ0) is 8.39. The lowest BCUT2D eigenvalue weighted by molar-refractivity contribution is -0.158. The molecule has 2 nitrogen and oxygen atoms in total. The Morgan fingerprint density at radius 3 is 2.58 bits per heavy atom. The Balaban J connectivity index is 1.95. The highest BCUT2D eigenvalue weighted by Gasteiger charge is 2.33. The molecule has 0 spiro atoms. The molecule has 0 amide bonds. The van der Waals surface area contributed by atoms with Gasteiger partial charge in [-0.3, -0.25) is 0 Å². The summed E-state index contributed by atoms with van der Waals surface area (Å²) in [5, 5.41) is 0. The van der Waals surface area contributed by atoms with Crippen molar-refractivity contribution < 1.29 is 9.47 Å². The van der Waals surface area contributed by atoms with Crippen LogP contribution in [-0.2, 0) is 9.47 Å². The Labute approximate surface area is 73.2 Å². The highest BCUT2D eigenvalue weighted by Crippen LogP contribution is 2.29. The van der Waals surface area contributed by atoms with Crippen LogP contribution in [0, 0.1) is 18.3 Å². The largest absolute Gasteiger partial charge is 0.373 e. The third kappa shape index (κ3) is 1.48. The molecule has 2 rings (SSSR count). The topological polar surface area (TPSA) is 18.5 Å². The standard InChI is InChI=1S/C10H14O2/c1-2-8-3-4-9-10(7-8)12-6-5-11-9/h1,8-10H,3-7H2. The van der Waals surface area contributed by atoms with E-state index in [9.17, 15) is 0 Å². The predicted molar refractivity (Wildman–Crippen MR) is 45.7 cm³/mol. The summed E-state index contributed by atoms with van der Waals surface area (Å²) in [5.74, 6) is 3.21. The van der Waals surface area contributed by atoms with Gasteiger partial charge in [-0.15, -0.1) is 12.3 Å². The molecular formula is C10H14O2. The van der Waals surface area contributed by atoms with Crippen LogP contribution in [-0.4, -0.2) is 25.4 Å². The van der Waals surface area contributed by atoms with Crippen LogP contribution in [0.4, 0.5) is 0 Å². The van der Waals surface area contributed by atoms with Gasteiger partial charge in [0.1, 0.15) is 0 Å². The summed E-state index contributed by atoms with van der Waals surface area (Å²) in [6.07, 6.45) is 9.13. The lowest BCUT2D eigenvalue weighted by atomic mass is 9.85. The molecule has 2 fully saturated rings.